The molecule has 0 saturated carbocycles. The maximum atomic E-state index is 10.7. The van der Waals surface area contributed by atoms with Crippen LogP contribution in [0.4, 0.5) is 0 Å². The van der Waals surface area contributed by atoms with Crippen LogP contribution in [-0.4, -0.2) is 42.4 Å². The van der Waals surface area contributed by atoms with E-state index in [1.807, 2.05) is 11.9 Å². The van der Waals surface area contributed by atoms with E-state index in [-0.39, 0.29) is 0 Å². The first kappa shape index (κ1) is 10.3. The van der Waals surface area contributed by atoms with Crippen LogP contribution in [0.3, 0.4) is 0 Å². The highest BCUT2D eigenvalue weighted by Gasteiger charge is 2.17. The highest BCUT2D eigenvalue weighted by Crippen LogP contribution is 1.98. The van der Waals surface area contributed by atoms with Gasteiger partial charge < -0.3 is 9.64 Å². The standard InChI is InChI=1S/C6H13N3O3S/c1-9(4-3-5-11-2)6-7-12-13(10)8-6/h3-5H2,1-2H3,(H,7,8). The molecule has 0 fully saturated rings. The molecule has 0 radical (unpaired) electrons. The van der Waals surface area contributed by atoms with Gasteiger partial charge in [-0.1, -0.05) is 0 Å². The Balaban J connectivity index is 2.23. The normalized spacial score (nSPS) is 20.5. The number of oxime groups is 1. The molecule has 1 atom stereocenters. The molecule has 1 N–H and O–H groups in total. The van der Waals surface area contributed by atoms with Crippen LogP contribution in [0.15, 0.2) is 5.16 Å². The van der Waals surface area contributed by atoms with Gasteiger partial charge in [0.05, 0.1) is 0 Å². The van der Waals surface area contributed by atoms with E-state index in [1.165, 1.54) is 0 Å². The van der Waals surface area contributed by atoms with E-state index in [9.17, 15) is 4.21 Å². The van der Waals surface area contributed by atoms with Crippen LogP contribution in [0.5, 0.6) is 0 Å². The average molecular weight is 207 g/mol. The Hall–Kier alpha value is -0.820. The number of rotatable bonds is 4. The molecular weight excluding hydrogens is 194 g/mol. The predicted octanol–water partition coefficient (Wildman–Crippen LogP) is -0.576. The quantitative estimate of drug-likeness (QED) is 0.627. The minimum Gasteiger partial charge on any atom is -0.385 e. The molecule has 6 nitrogen and oxygen atoms in total. The molecule has 0 spiro atoms. The lowest BCUT2D eigenvalue weighted by atomic mass is 10.4. The number of nitrogens with zero attached hydrogens (tertiary/aromatic N) is 2. The van der Waals surface area contributed by atoms with Gasteiger partial charge in [0, 0.05) is 27.3 Å². The second-order valence-electron chi connectivity index (χ2n) is 2.59. The van der Waals surface area contributed by atoms with Crippen molar-refractivity contribution in [2.24, 2.45) is 5.16 Å². The fraction of sp³-hybridized carbons (Fsp3) is 0.833. The second-order valence-corrected chi connectivity index (χ2v) is 3.42. The Bertz CT molecular complexity index is 221. The van der Waals surface area contributed by atoms with Crippen molar-refractivity contribution in [3.63, 3.8) is 0 Å². The molecule has 0 aromatic heterocycles. The van der Waals surface area contributed by atoms with Crippen molar-refractivity contribution in [2.45, 2.75) is 6.42 Å². The van der Waals surface area contributed by atoms with E-state index < -0.39 is 11.3 Å². The van der Waals surface area contributed by atoms with E-state index in [2.05, 4.69) is 14.2 Å². The summed E-state index contributed by atoms with van der Waals surface area (Å²) in [6.07, 6.45) is 0.889. The first-order valence-electron chi connectivity index (χ1n) is 3.88. The zero-order chi connectivity index (χ0) is 9.68. The van der Waals surface area contributed by atoms with Crippen molar-refractivity contribution < 1.29 is 13.2 Å². The van der Waals surface area contributed by atoms with Gasteiger partial charge in [0.2, 0.25) is 0 Å². The number of hydrogen-bond donors (Lipinski definition) is 1. The molecule has 0 bridgehead atoms. The lowest BCUT2D eigenvalue weighted by Gasteiger charge is -2.15. The average Bonchev–Trinajstić information content (AvgIpc) is 2.52. The molecule has 0 aromatic carbocycles. The molecule has 0 aliphatic carbocycles. The van der Waals surface area contributed by atoms with Crippen LogP contribution in [0.25, 0.3) is 0 Å². The highest BCUT2D eigenvalue weighted by atomic mass is 32.2. The summed E-state index contributed by atoms with van der Waals surface area (Å²) >= 11 is -1.51. The number of nitrogens with one attached hydrogen (secondary N) is 1. The van der Waals surface area contributed by atoms with Crippen molar-refractivity contribution in [1.29, 1.82) is 0 Å². The summed E-state index contributed by atoms with van der Waals surface area (Å²) < 4.78 is 22.6. The van der Waals surface area contributed by atoms with Crippen LogP contribution in [0, 0.1) is 0 Å². The summed E-state index contributed by atoms with van der Waals surface area (Å²) in [4.78, 5) is 1.82. The molecule has 76 valence electrons. The number of guanidine groups is 1. The lowest BCUT2D eigenvalue weighted by Crippen LogP contribution is -2.36. The molecular formula is C6H13N3O3S. The summed E-state index contributed by atoms with van der Waals surface area (Å²) in [5.74, 6) is 0.495. The van der Waals surface area contributed by atoms with Crippen molar-refractivity contribution in [3.8, 4) is 0 Å². The first-order chi connectivity index (χ1) is 6.24. The van der Waals surface area contributed by atoms with E-state index >= 15 is 0 Å². The SMILES string of the molecule is COCCCN(C)C1=NOS(=O)N1. The van der Waals surface area contributed by atoms with E-state index in [1.54, 1.807) is 7.11 Å². The van der Waals surface area contributed by atoms with Crippen LogP contribution >= 0.6 is 0 Å². The molecule has 1 aliphatic rings. The Labute approximate surface area is 79.7 Å². The van der Waals surface area contributed by atoms with Gasteiger partial charge in [0.15, 0.2) is 0 Å². The minimum atomic E-state index is -1.51. The summed E-state index contributed by atoms with van der Waals surface area (Å²) in [5, 5.41) is 3.59. The third-order valence-corrected chi connectivity index (χ3v) is 2.13. The van der Waals surface area contributed by atoms with Crippen LogP contribution in [0.1, 0.15) is 6.42 Å². The summed E-state index contributed by atoms with van der Waals surface area (Å²) in [5.41, 5.74) is 0. The minimum absolute atomic E-state index is 0.495. The van der Waals surface area contributed by atoms with Crippen LogP contribution < -0.4 is 4.72 Å². The molecule has 7 heteroatoms. The van der Waals surface area contributed by atoms with Crippen LogP contribution in [-0.2, 0) is 20.3 Å². The maximum Gasteiger partial charge on any atom is 0.339 e. The lowest BCUT2D eigenvalue weighted by molar-refractivity contribution is 0.188. The Morgan fingerprint density at radius 1 is 1.77 bits per heavy atom. The fourth-order valence-corrected chi connectivity index (χ4v) is 1.40. The topological polar surface area (TPSA) is 63.2 Å². The van der Waals surface area contributed by atoms with Crippen molar-refractivity contribution in [2.75, 3.05) is 27.3 Å². The molecule has 13 heavy (non-hydrogen) atoms. The Morgan fingerprint density at radius 3 is 3.08 bits per heavy atom. The second kappa shape index (κ2) is 5.03. The van der Waals surface area contributed by atoms with E-state index in [4.69, 9.17) is 4.74 Å². The molecule has 1 unspecified atom stereocenters. The fourth-order valence-electron chi connectivity index (χ4n) is 0.881. The first-order valence-corrected chi connectivity index (χ1v) is 4.95. The molecule has 1 aliphatic heterocycles. The number of hydrogen-bond acceptors (Lipinski definition) is 5. The Kier molecular flexibility index (Phi) is 3.97. The number of ether oxygens (including phenoxy) is 1. The van der Waals surface area contributed by atoms with Gasteiger partial charge in [-0.3, -0.25) is 4.28 Å². The molecule has 0 aromatic rings. The number of methoxy groups -OCH3 is 1. The monoisotopic (exact) mass is 207 g/mol. The van der Waals surface area contributed by atoms with Crippen LogP contribution in [0.2, 0.25) is 0 Å². The molecule has 1 heterocycles. The molecule has 1 rings (SSSR count). The zero-order valence-electron chi connectivity index (χ0n) is 7.65. The van der Waals surface area contributed by atoms with E-state index in [0.29, 0.717) is 12.6 Å². The van der Waals surface area contributed by atoms with E-state index in [0.717, 1.165) is 13.0 Å². The van der Waals surface area contributed by atoms with Gasteiger partial charge in [-0.15, -0.1) is 0 Å². The third kappa shape index (κ3) is 3.19. The third-order valence-electron chi connectivity index (χ3n) is 1.57. The maximum absolute atomic E-state index is 10.7. The van der Waals surface area contributed by atoms with Gasteiger partial charge in [-0.25, -0.2) is 4.72 Å². The van der Waals surface area contributed by atoms with Gasteiger partial charge in [0.25, 0.3) is 5.96 Å². The smallest absolute Gasteiger partial charge is 0.339 e. The highest BCUT2D eigenvalue weighted by molar-refractivity contribution is 7.79. The van der Waals surface area contributed by atoms with Crippen molar-refractivity contribution in [3.05, 3.63) is 0 Å². The van der Waals surface area contributed by atoms with Gasteiger partial charge in [0.1, 0.15) is 0 Å². The van der Waals surface area contributed by atoms with Gasteiger partial charge in [-0.2, -0.15) is 4.21 Å². The largest absolute Gasteiger partial charge is 0.385 e. The predicted molar refractivity (Wildman–Crippen MR) is 48.9 cm³/mol. The summed E-state index contributed by atoms with van der Waals surface area (Å²) in [7, 11) is 3.50. The summed E-state index contributed by atoms with van der Waals surface area (Å²) in [6.45, 7) is 1.47. The molecule has 0 amide bonds. The Morgan fingerprint density at radius 2 is 2.54 bits per heavy atom. The van der Waals surface area contributed by atoms with Gasteiger partial charge >= 0.3 is 11.3 Å². The molecule has 0 saturated heterocycles. The van der Waals surface area contributed by atoms with Crippen molar-refractivity contribution in [1.82, 2.24) is 9.62 Å². The van der Waals surface area contributed by atoms with Crippen molar-refractivity contribution >= 4 is 17.2 Å². The van der Waals surface area contributed by atoms with Gasteiger partial charge in [-0.05, 0) is 11.6 Å². The zero-order valence-corrected chi connectivity index (χ0v) is 8.47. The summed E-state index contributed by atoms with van der Waals surface area (Å²) in [6, 6.07) is 0.